The van der Waals surface area contributed by atoms with Crippen molar-refractivity contribution in [2.45, 2.75) is 44.4 Å². The molecule has 0 aromatic heterocycles. The molecule has 0 spiro atoms. The van der Waals surface area contributed by atoms with Gasteiger partial charge in [-0.1, -0.05) is 30.3 Å². The topological polar surface area (TPSA) is 60.0 Å². The molecular weight excluding hydrogens is 356 g/mol. The van der Waals surface area contributed by atoms with Crippen LogP contribution >= 0.6 is 0 Å². The molecule has 2 fully saturated rings. The summed E-state index contributed by atoms with van der Waals surface area (Å²) >= 11 is 0. The molecule has 6 nitrogen and oxygen atoms in total. The minimum atomic E-state index is -0.718. The van der Waals surface area contributed by atoms with Gasteiger partial charge in [-0.15, -0.1) is 0 Å². The van der Waals surface area contributed by atoms with E-state index in [1.807, 2.05) is 73.3 Å². The second-order valence-corrected chi connectivity index (χ2v) is 7.66. The standard InChI is InChI=1S/C22H26N2O4/c1-22(2)27-14-18-20(28-22)19(23-16-9-11-17(26-3)12-10-16)21(25)24(18)13-15-7-5-4-6-8-15/h4-12,18-20,23H,13-14H2,1-3H3/t18-,19-,20+/m0/s1. The van der Waals surface area contributed by atoms with Crippen molar-refractivity contribution < 1.29 is 19.0 Å². The van der Waals surface area contributed by atoms with Gasteiger partial charge in [0, 0.05) is 12.2 Å². The summed E-state index contributed by atoms with van der Waals surface area (Å²) in [5.74, 6) is 0.0793. The summed E-state index contributed by atoms with van der Waals surface area (Å²) in [5.41, 5.74) is 1.94. The van der Waals surface area contributed by atoms with Crippen LogP contribution in [0.1, 0.15) is 19.4 Å². The Kier molecular flexibility index (Phi) is 5.00. The number of rotatable bonds is 5. The molecule has 0 aliphatic carbocycles. The number of hydrogen-bond acceptors (Lipinski definition) is 5. The summed E-state index contributed by atoms with van der Waals surface area (Å²) in [4.78, 5) is 15.2. The Hall–Kier alpha value is -2.57. The molecular formula is C22H26N2O4. The SMILES string of the molecule is COc1ccc(N[C@@H]2C(=O)N(Cc3ccccc3)[C@H]3COC(C)(C)O[C@@H]23)cc1. The highest BCUT2D eigenvalue weighted by Gasteiger charge is 2.53. The average molecular weight is 382 g/mol. The molecule has 2 aromatic carbocycles. The molecule has 6 heteroatoms. The fourth-order valence-electron chi connectivity index (χ4n) is 3.85. The highest BCUT2D eigenvalue weighted by molar-refractivity contribution is 5.88. The Morgan fingerprint density at radius 2 is 1.86 bits per heavy atom. The van der Waals surface area contributed by atoms with Crippen LogP contribution in [0.5, 0.6) is 5.75 Å². The van der Waals surface area contributed by atoms with Crippen molar-refractivity contribution in [2.75, 3.05) is 19.0 Å². The van der Waals surface area contributed by atoms with Gasteiger partial charge in [-0.25, -0.2) is 0 Å². The summed E-state index contributed by atoms with van der Waals surface area (Å²) in [7, 11) is 1.63. The summed E-state index contributed by atoms with van der Waals surface area (Å²) in [5, 5.41) is 3.37. The maximum Gasteiger partial charge on any atom is 0.248 e. The van der Waals surface area contributed by atoms with E-state index in [2.05, 4.69) is 5.32 Å². The minimum absolute atomic E-state index is 0.0240. The van der Waals surface area contributed by atoms with Gasteiger partial charge in [0.1, 0.15) is 17.9 Å². The van der Waals surface area contributed by atoms with Crippen LogP contribution in [-0.2, 0) is 20.8 Å². The normalized spacial score (nSPS) is 26.0. The molecule has 148 valence electrons. The van der Waals surface area contributed by atoms with E-state index in [0.717, 1.165) is 17.0 Å². The number of anilines is 1. The highest BCUT2D eigenvalue weighted by atomic mass is 16.7. The van der Waals surface area contributed by atoms with E-state index in [9.17, 15) is 4.79 Å². The summed E-state index contributed by atoms with van der Waals surface area (Å²) in [6.07, 6.45) is -0.290. The Labute approximate surface area is 165 Å². The van der Waals surface area contributed by atoms with Crippen LogP contribution in [0.15, 0.2) is 54.6 Å². The van der Waals surface area contributed by atoms with Crippen molar-refractivity contribution in [1.82, 2.24) is 4.90 Å². The number of nitrogens with zero attached hydrogens (tertiary/aromatic N) is 1. The maximum atomic E-state index is 13.3. The molecule has 28 heavy (non-hydrogen) atoms. The van der Waals surface area contributed by atoms with E-state index in [4.69, 9.17) is 14.2 Å². The fraction of sp³-hybridized carbons (Fsp3) is 0.409. The number of nitrogens with one attached hydrogen (secondary N) is 1. The minimum Gasteiger partial charge on any atom is -0.497 e. The largest absolute Gasteiger partial charge is 0.497 e. The highest BCUT2D eigenvalue weighted by Crippen LogP contribution is 2.35. The zero-order chi connectivity index (χ0) is 19.7. The van der Waals surface area contributed by atoms with E-state index in [-0.39, 0.29) is 18.1 Å². The number of methoxy groups -OCH3 is 1. The van der Waals surface area contributed by atoms with Gasteiger partial charge in [0.15, 0.2) is 5.79 Å². The number of fused-ring (bicyclic) bond motifs is 1. The lowest BCUT2D eigenvalue weighted by Crippen LogP contribution is -2.53. The van der Waals surface area contributed by atoms with Crippen molar-refractivity contribution in [3.8, 4) is 5.75 Å². The molecule has 3 atom stereocenters. The molecule has 2 heterocycles. The van der Waals surface area contributed by atoms with Crippen molar-refractivity contribution in [1.29, 1.82) is 0 Å². The lowest BCUT2D eigenvalue weighted by Gasteiger charge is -2.40. The molecule has 2 aliphatic rings. The van der Waals surface area contributed by atoms with Gasteiger partial charge in [-0.3, -0.25) is 4.79 Å². The molecule has 0 radical (unpaired) electrons. The maximum absolute atomic E-state index is 13.3. The van der Waals surface area contributed by atoms with Gasteiger partial charge in [0.05, 0.1) is 19.8 Å². The molecule has 4 rings (SSSR count). The molecule has 2 aliphatic heterocycles. The molecule has 0 saturated carbocycles. The zero-order valence-electron chi connectivity index (χ0n) is 16.4. The first-order valence-corrected chi connectivity index (χ1v) is 9.54. The molecule has 0 bridgehead atoms. The Balaban J connectivity index is 1.59. The third-order valence-corrected chi connectivity index (χ3v) is 5.29. The van der Waals surface area contributed by atoms with Gasteiger partial charge in [-0.05, 0) is 43.7 Å². The summed E-state index contributed by atoms with van der Waals surface area (Å²) in [6.45, 7) is 4.77. The molecule has 0 unspecified atom stereocenters. The van der Waals surface area contributed by atoms with Crippen molar-refractivity contribution in [3.05, 3.63) is 60.2 Å². The zero-order valence-corrected chi connectivity index (χ0v) is 16.4. The fourth-order valence-corrected chi connectivity index (χ4v) is 3.85. The quantitative estimate of drug-likeness (QED) is 0.861. The van der Waals surface area contributed by atoms with E-state index >= 15 is 0 Å². The van der Waals surface area contributed by atoms with Crippen LogP contribution in [0.3, 0.4) is 0 Å². The predicted octanol–water partition coefficient (Wildman–Crippen LogP) is 3.04. The lowest BCUT2D eigenvalue weighted by molar-refractivity contribution is -0.284. The number of carbonyl (C=O) groups excluding carboxylic acids is 1. The number of likely N-dealkylation sites (tertiary alicyclic amines) is 1. The van der Waals surface area contributed by atoms with Crippen LogP contribution in [0.4, 0.5) is 5.69 Å². The second-order valence-electron chi connectivity index (χ2n) is 7.66. The number of amides is 1. The molecule has 1 amide bonds. The Bertz CT molecular complexity index is 822. The lowest BCUT2D eigenvalue weighted by atomic mass is 10.1. The monoisotopic (exact) mass is 382 g/mol. The number of ether oxygens (including phenoxy) is 3. The van der Waals surface area contributed by atoms with Crippen LogP contribution in [-0.4, -0.2) is 48.5 Å². The molecule has 1 N–H and O–H groups in total. The third-order valence-electron chi connectivity index (χ3n) is 5.29. The summed E-state index contributed by atoms with van der Waals surface area (Å²) < 4.78 is 17.3. The van der Waals surface area contributed by atoms with Gasteiger partial charge in [0.25, 0.3) is 0 Å². The first kappa shape index (κ1) is 18.8. The van der Waals surface area contributed by atoms with Gasteiger partial charge in [0.2, 0.25) is 5.91 Å². The van der Waals surface area contributed by atoms with Crippen LogP contribution in [0, 0.1) is 0 Å². The van der Waals surface area contributed by atoms with Crippen LogP contribution in [0.2, 0.25) is 0 Å². The number of hydrogen-bond donors (Lipinski definition) is 1. The Morgan fingerprint density at radius 3 is 2.54 bits per heavy atom. The van der Waals surface area contributed by atoms with E-state index < -0.39 is 11.8 Å². The van der Waals surface area contributed by atoms with Crippen molar-refractivity contribution >= 4 is 11.6 Å². The van der Waals surface area contributed by atoms with Gasteiger partial charge < -0.3 is 24.4 Å². The molecule has 2 aromatic rings. The van der Waals surface area contributed by atoms with Gasteiger partial charge >= 0.3 is 0 Å². The van der Waals surface area contributed by atoms with Gasteiger partial charge in [-0.2, -0.15) is 0 Å². The van der Waals surface area contributed by atoms with E-state index in [1.165, 1.54) is 0 Å². The van der Waals surface area contributed by atoms with E-state index in [1.54, 1.807) is 7.11 Å². The van der Waals surface area contributed by atoms with Crippen LogP contribution in [0.25, 0.3) is 0 Å². The number of carbonyl (C=O) groups is 1. The van der Waals surface area contributed by atoms with E-state index in [0.29, 0.717) is 13.2 Å². The van der Waals surface area contributed by atoms with Crippen LogP contribution < -0.4 is 10.1 Å². The second kappa shape index (κ2) is 7.45. The average Bonchev–Trinajstić information content (AvgIpc) is 2.93. The first-order valence-electron chi connectivity index (χ1n) is 9.54. The number of benzene rings is 2. The van der Waals surface area contributed by atoms with Crippen molar-refractivity contribution in [2.24, 2.45) is 0 Å². The molecule has 2 saturated heterocycles. The Morgan fingerprint density at radius 1 is 1.14 bits per heavy atom. The predicted molar refractivity (Wildman–Crippen MR) is 106 cm³/mol. The smallest absolute Gasteiger partial charge is 0.248 e. The summed E-state index contributed by atoms with van der Waals surface area (Å²) in [6, 6.07) is 17.0. The first-order chi connectivity index (χ1) is 13.5. The third kappa shape index (κ3) is 3.70. The van der Waals surface area contributed by atoms with Crippen molar-refractivity contribution in [3.63, 3.8) is 0 Å².